The molecule has 0 amide bonds. The number of hydrogen-bond donors (Lipinski definition) is 0. The molecule has 0 spiro atoms. The van der Waals surface area contributed by atoms with Crippen molar-refractivity contribution in [3.05, 3.63) is 182 Å². The van der Waals surface area contributed by atoms with E-state index in [0.29, 0.717) is 0 Å². The number of para-hydroxylation sites is 2. The van der Waals surface area contributed by atoms with E-state index in [4.69, 9.17) is 8.83 Å². The summed E-state index contributed by atoms with van der Waals surface area (Å²) in [4.78, 5) is 0. The van der Waals surface area contributed by atoms with Gasteiger partial charge in [-0.25, -0.2) is 0 Å². The van der Waals surface area contributed by atoms with Crippen molar-refractivity contribution in [2.45, 2.75) is 0 Å². The zero-order valence-electron chi connectivity index (χ0n) is 28.1. The fraction of sp³-hybridized carbons (Fsp3) is 0. The number of hydrogen-bond acceptors (Lipinski definition) is 2. The molecular formula is C50H30O2. The topological polar surface area (TPSA) is 26.3 Å². The number of fused-ring (bicyclic) bond motifs is 8. The van der Waals surface area contributed by atoms with Gasteiger partial charge in [-0.3, -0.25) is 0 Å². The molecule has 0 aliphatic rings. The van der Waals surface area contributed by atoms with Crippen LogP contribution in [0.5, 0.6) is 0 Å². The average Bonchev–Trinajstić information content (AvgIpc) is 3.79. The standard InChI is InChI=1S/C50H30O2/c1-2-12-33(13-3-1)47-37-15-4-6-17-39(37)48(40-18-7-5-16-38(40)47)42-28-27-35(49-41-19-9-11-21-45(41)52-50(42)49)32-24-22-31(23-25-32)34-26-29-46-43(30-34)36-14-8-10-20-44(36)51-46/h1-30H. The minimum atomic E-state index is 0.887. The summed E-state index contributed by atoms with van der Waals surface area (Å²) in [5, 5.41) is 9.40. The molecule has 0 saturated heterocycles. The highest BCUT2D eigenvalue weighted by Gasteiger charge is 2.22. The molecule has 0 bridgehead atoms. The average molecular weight is 663 g/mol. The van der Waals surface area contributed by atoms with Crippen LogP contribution in [0.1, 0.15) is 0 Å². The molecule has 2 heteroatoms. The Morgan fingerprint density at radius 2 is 0.769 bits per heavy atom. The summed E-state index contributed by atoms with van der Waals surface area (Å²) in [5.74, 6) is 0. The van der Waals surface area contributed by atoms with Gasteiger partial charge in [0.1, 0.15) is 22.3 Å². The quantitative estimate of drug-likeness (QED) is 0.175. The number of benzene rings is 9. The van der Waals surface area contributed by atoms with Crippen LogP contribution < -0.4 is 0 Å². The Morgan fingerprint density at radius 1 is 0.269 bits per heavy atom. The molecule has 52 heavy (non-hydrogen) atoms. The predicted molar refractivity (Wildman–Crippen MR) is 218 cm³/mol. The van der Waals surface area contributed by atoms with Crippen molar-refractivity contribution >= 4 is 65.4 Å². The molecule has 0 fully saturated rings. The van der Waals surface area contributed by atoms with E-state index in [1.165, 1.54) is 38.2 Å². The summed E-state index contributed by atoms with van der Waals surface area (Å²) in [6.45, 7) is 0. The summed E-state index contributed by atoms with van der Waals surface area (Å²) in [6.07, 6.45) is 0. The van der Waals surface area contributed by atoms with E-state index >= 15 is 0 Å². The molecule has 2 heterocycles. The Kier molecular flexibility index (Phi) is 6.28. The van der Waals surface area contributed by atoms with Gasteiger partial charge in [0.05, 0.1) is 0 Å². The third kappa shape index (κ3) is 4.31. The van der Waals surface area contributed by atoms with E-state index in [0.717, 1.165) is 71.7 Å². The summed E-state index contributed by atoms with van der Waals surface area (Å²) in [5.41, 5.74) is 13.0. The normalized spacial score (nSPS) is 11.8. The molecule has 242 valence electrons. The maximum atomic E-state index is 6.87. The Balaban J connectivity index is 1.12. The first-order chi connectivity index (χ1) is 25.8. The molecule has 2 aromatic heterocycles. The lowest BCUT2D eigenvalue weighted by Gasteiger charge is -2.18. The van der Waals surface area contributed by atoms with Crippen LogP contribution in [0.4, 0.5) is 0 Å². The van der Waals surface area contributed by atoms with E-state index < -0.39 is 0 Å². The zero-order chi connectivity index (χ0) is 34.2. The second kappa shape index (κ2) is 11.3. The van der Waals surface area contributed by atoms with Gasteiger partial charge in [-0.2, -0.15) is 0 Å². The smallest absolute Gasteiger partial charge is 0.143 e. The number of rotatable bonds is 4. The fourth-order valence-electron chi connectivity index (χ4n) is 8.35. The summed E-state index contributed by atoms with van der Waals surface area (Å²) in [7, 11) is 0. The monoisotopic (exact) mass is 662 g/mol. The van der Waals surface area contributed by atoms with E-state index in [1.54, 1.807) is 0 Å². The van der Waals surface area contributed by atoms with Crippen LogP contribution in [-0.2, 0) is 0 Å². The Bertz CT molecular complexity index is 3100. The maximum Gasteiger partial charge on any atom is 0.143 e. The van der Waals surface area contributed by atoms with Gasteiger partial charge in [0.15, 0.2) is 0 Å². The molecule has 0 N–H and O–H groups in total. The summed E-state index contributed by atoms with van der Waals surface area (Å²) in [6, 6.07) is 65.0. The first kappa shape index (κ1) is 28.9. The Hall–Kier alpha value is -6.90. The lowest BCUT2D eigenvalue weighted by atomic mass is 9.85. The van der Waals surface area contributed by atoms with Gasteiger partial charge in [0.25, 0.3) is 0 Å². The van der Waals surface area contributed by atoms with Crippen molar-refractivity contribution in [1.82, 2.24) is 0 Å². The second-order valence-electron chi connectivity index (χ2n) is 13.6. The second-order valence-corrected chi connectivity index (χ2v) is 13.6. The molecule has 0 unspecified atom stereocenters. The molecule has 0 aliphatic heterocycles. The van der Waals surface area contributed by atoms with Crippen LogP contribution in [-0.4, -0.2) is 0 Å². The van der Waals surface area contributed by atoms with Gasteiger partial charge in [-0.15, -0.1) is 0 Å². The predicted octanol–water partition coefficient (Wildman–Crippen LogP) is 14.5. The van der Waals surface area contributed by atoms with Crippen LogP contribution in [0.25, 0.3) is 110 Å². The highest BCUT2D eigenvalue weighted by molar-refractivity contribution is 6.25. The van der Waals surface area contributed by atoms with Gasteiger partial charge < -0.3 is 8.83 Å². The maximum absolute atomic E-state index is 6.87. The van der Waals surface area contributed by atoms with Crippen molar-refractivity contribution < 1.29 is 8.83 Å². The third-order valence-electron chi connectivity index (χ3n) is 10.7. The van der Waals surface area contributed by atoms with Crippen molar-refractivity contribution in [2.75, 3.05) is 0 Å². The van der Waals surface area contributed by atoms with Crippen molar-refractivity contribution in [2.24, 2.45) is 0 Å². The van der Waals surface area contributed by atoms with Crippen LogP contribution in [0, 0.1) is 0 Å². The summed E-state index contributed by atoms with van der Waals surface area (Å²) < 4.78 is 13.0. The van der Waals surface area contributed by atoms with Gasteiger partial charge >= 0.3 is 0 Å². The number of furan rings is 2. The molecule has 11 rings (SSSR count). The molecule has 9 aromatic carbocycles. The van der Waals surface area contributed by atoms with Crippen molar-refractivity contribution in [3.63, 3.8) is 0 Å². The Labute approximate surface area is 299 Å². The van der Waals surface area contributed by atoms with E-state index in [9.17, 15) is 0 Å². The van der Waals surface area contributed by atoms with Crippen LogP contribution in [0.2, 0.25) is 0 Å². The van der Waals surface area contributed by atoms with Gasteiger partial charge in [0.2, 0.25) is 0 Å². The van der Waals surface area contributed by atoms with Gasteiger partial charge in [0, 0.05) is 32.7 Å². The molecule has 11 aromatic rings. The van der Waals surface area contributed by atoms with Crippen LogP contribution in [0.3, 0.4) is 0 Å². The van der Waals surface area contributed by atoms with Gasteiger partial charge in [-0.1, -0.05) is 152 Å². The fourth-order valence-corrected chi connectivity index (χ4v) is 8.35. The molecule has 2 nitrogen and oxygen atoms in total. The SMILES string of the molecule is c1ccc(-c2c3ccccc3c(-c3ccc(-c4ccc(-c5ccc6oc7ccccc7c6c5)cc4)c4c3oc3ccccc34)c3ccccc23)cc1. The van der Waals surface area contributed by atoms with E-state index in [-0.39, 0.29) is 0 Å². The lowest BCUT2D eigenvalue weighted by Crippen LogP contribution is -1.91. The van der Waals surface area contributed by atoms with Crippen LogP contribution in [0.15, 0.2) is 191 Å². The molecule has 0 saturated carbocycles. The van der Waals surface area contributed by atoms with Crippen molar-refractivity contribution in [1.29, 1.82) is 0 Å². The minimum absolute atomic E-state index is 0.887. The largest absolute Gasteiger partial charge is 0.456 e. The van der Waals surface area contributed by atoms with E-state index in [2.05, 4.69) is 170 Å². The summed E-state index contributed by atoms with van der Waals surface area (Å²) >= 11 is 0. The third-order valence-corrected chi connectivity index (χ3v) is 10.7. The van der Waals surface area contributed by atoms with Crippen LogP contribution >= 0.6 is 0 Å². The molecule has 0 radical (unpaired) electrons. The minimum Gasteiger partial charge on any atom is -0.456 e. The van der Waals surface area contributed by atoms with Gasteiger partial charge in [-0.05, 0) is 85.3 Å². The molecule has 0 aliphatic carbocycles. The molecule has 0 atom stereocenters. The zero-order valence-corrected chi connectivity index (χ0v) is 28.1. The van der Waals surface area contributed by atoms with E-state index in [1.807, 2.05) is 12.1 Å². The van der Waals surface area contributed by atoms with Crippen molar-refractivity contribution in [3.8, 4) is 44.5 Å². The molecular weight excluding hydrogens is 633 g/mol. The first-order valence-corrected chi connectivity index (χ1v) is 17.8. The lowest BCUT2D eigenvalue weighted by molar-refractivity contribution is 0.669. The Morgan fingerprint density at radius 3 is 1.46 bits per heavy atom. The highest BCUT2D eigenvalue weighted by atomic mass is 16.3. The first-order valence-electron chi connectivity index (χ1n) is 17.8. The highest BCUT2D eigenvalue weighted by Crippen LogP contribution is 2.48.